The van der Waals surface area contributed by atoms with Crippen molar-refractivity contribution in [3.63, 3.8) is 0 Å². The summed E-state index contributed by atoms with van der Waals surface area (Å²) in [5, 5.41) is 35.7. The average Bonchev–Trinajstić information content (AvgIpc) is 3.86. The zero-order chi connectivity index (χ0) is 40.5. The second kappa shape index (κ2) is 16.6. The number of carbonyl (C=O) groups is 1. The quantitative estimate of drug-likeness (QED) is 0.132. The van der Waals surface area contributed by atoms with E-state index in [0.717, 1.165) is 82.3 Å². The van der Waals surface area contributed by atoms with Crippen molar-refractivity contribution in [2.24, 2.45) is 5.92 Å². The number of carboxylic acid groups (broad SMARTS) is 1. The molecular formula is C45H48N6O7. The molecule has 0 radical (unpaired) electrons. The van der Waals surface area contributed by atoms with Gasteiger partial charge in [-0.25, -0.2) is 9.67 Å². The Labute approximate surface area is 337 Å². The minimum absolute atomic E-state index is 0.0396. The molecule has 13 nitrogen and oxygen atoms in total. The Hall–Kier alpha value is -5.78. The van der Waals surface area contributed by atoms with Gasteiger partial charge in [-0.05, 0) is 98.8 Å². The average molecular weight is 785 g/mol. The maximum atomic E-state index is 11.2. The molecule has 2 saturated heterocycles. The lowest BCUT2D eigenvalue weighted by atomic mass is 9.93. The van der Waals surface area contributed by atoms with E-state index in [1.807, 2.05) is 66.5 Å². The van der Waals surface area contributed by atoms with E-state index in [1.54, 1.807) is 14.2 Å². The standard InChI is InChI=1S/C45H48N6O7/c1-27-32(7-5-8-33(27)45-48-37-18-29(17-30(22-46)44(37)58-45)24-50-14-11-28(12-15-50)19-43(53)54)34-9-6-10-38-35(34)23-47-51(38)31-20-41(55-3)36(42(21-31)56-4)25-49(2)39-13-16-57-26-40(39)52/h5-10,17-18,20-21,23,28,39-40,52H,11-16,19,24-26H2,1-4H3,(H,53,54)/t39-,40+/m1/s1. The van der Waals surface area contributed by atoms with Crippen molar-refractivity contribution in [2.45, 2.75) is 57.8 Å². The van der Waals surface area contributed by atoms with Crippen LogP contribution in [-0.4, -0.2) is 100 Å². The summed E-state index contributed by atoms with van der Waals surface area (Å²) in [4.78, 5) is 20.5. The number of rotatable bonds is 12. The van der Waals surface area contributed by atoms with Crippen LogP contribution in [0.25, 0.3) is 50.3 Å². The van der Waals surface area contributed by atoms with Gasteiger partial charge in [0.1, 0.15) is 23.1 Å². The van der Waals surface area contributed by atoms with Gasteiger partial charge in [-0.15, -0.1) is 0 Å². The van der Waals surface area contributed by atoms with Gasteiger partial charge in [-0.2, -0.15) is 10.4 Å². The summed E-state index contributed by atoms with van der Waals surface area (Å²) in [7, 11) is 5.29. The molecule has 2 N–H and O–H groups in total. The SMILES string of the molecule is COc1cc(-n2ncc3c(-c4cccc(-c5nc6cc(CN7CCC(CC(=O)O)CC7)cc(C#N)c6o5)c4C)cccc32)cc(OC)c1CN(C)[C@@H]1CCOC[C@@H]1O. The summed E-state index contributed by atoms with van der Waals surface area (Å²) in [6.07, 6.45) is 3.95. The molecule has 58 heavy (non-hydrogen) atoms. The summed E-state index contributed by atoms with van der Waals surface area (Å²) in [5.74, 6) is 1.22. The molecule has 0 aliphatic carbocycles. The molecule has 4 heterocycles. The van der Waals surface area contributed by atoms with Crippen LogP contribution in [0.1, 0.15) is 47.9 Å². The number of likely N-dealkylation sites (N-methyl/N-ethyl adjacent to an activating group) is 1. The van der Waals surface area contributed by atoms with Crippen molar-refractivity contribution >= 4 is 28.0 Å². The molecule has 0 unspecified atom stereocenters. The van der Waals surface area contributed by atoms with E-state index in [2.05, 4.69) is 34.9 Å². The lowest BCUT2D eigenvalue weighted by Gasteiger charge is -2.35. The number of nitriles is 1. The van der Waals surface area contributed by atoms with E-state index in [0.29, 0.717) is 60.4 Å². The van der Waals surface area contributed by atoms with Crippen molar-refractivity contribution in [2.75, 3.05) is 47.6 Å². The topological polar surface area (TPSA) is 159 Å². The highest BCUT2D eigenvalue weighted by atomic mass is 16.5. The van der Waals surface area contributed by atoms with Gasteiger partial charge in [0.15, 0.2) is 5.58 Å². The minimum atomic E-state index is -0.743. The summed E-state index contributed by atoms with van der Waals surface area (Å²) in [5.41, 5.74) is 8.86. The van der Waals surface area contributed by atoms with Gasteiger partial charge in [0.25, 0.3) is 0 Å². The zero-order valence-electron chi connectivity index (χ0n) is 33.3. The van der Waals surface area contributed by atoms with Crippen LogP contribution in [0, 0.1) is 24.2 Å². The predicted octanol–water partition coefficient (Wildman–Crippen LogP) is 6.97. The number of nitrogens with zero attached hydrogens (tertiary/aromatic N) is 6. The Kier molecular flexibility index (Phi) is 11.2. The van der Waals surface area contributed by atoms with Crippen LogP contribution >= 0.6 is 0 Å². The Morgan fingerprint density at radius 1 is 1.02 bits per heavy atom. The number of aliphatic carboxylic acids is 1. The predicted molar refractivity (Wildman–Crippen MR) is 219 cm³/mol. The highest BCUT2D eigenvalue weighted by molar-refractivity contribution is 5.97. The van der Waals surface area contributed by atoms with Crippen LogP contribution in [0.15, 0.2) is 71.3 Å². The highest BCUT2D eigenvalue weighted by Crippen LogP contribution is 2.39. The second-order valence-corrected chi connectivity index (χ2v) is 15.5. The van der Waals surface area contributed by atoms with Crippen molar-refractivity contribution in [3.8, 4) is 45.8 Å². The Morgan fingerprint density at radius 3 is 2.45 bits per heavy atom. The normalized spacial score (nSPS) is 17.9. The molecule has 2 aliphatic rings. The van der Waals surface area contributed by atoms with E-state index < -0.39 is 12.1 Å². The van der Waals surface area contributed by atoms with E-state index in [4.69, 9.17) is 28.7 Å². The molecule has 0 bridgehead atoms. The molecule has 0 spiro atoms. The van der Waals surface area contributed by atoms with Crippen molar-refractivity contribution in [3.05, 3.63) is 89.1 Å². The van der Waals surface area contributed by atoms with E-state index >= 15 is 0 Å². The van der Waals surface area contributed by atoms with Crippen LogP contribution in [0.4, 0.5) is 0 Å². The first-order valence-corrected chi connectivity index (χ1v) is 19.7. The fourth-order valence-electron chi connectivity index (χ4n) is 8.73. The first-order chi connectivity index (χ1) is 28.1. The van der Waals surface area contributed by atoms with Gasteiger partial charge in [-0.3, -0.25) is 14.6 Å². The molecule has 4 aromatic carbocycles. The van der Waals surface area contributed by atoms with Crippen molar-refractivity contribution < 1.29 is 33.6 Å². The molecule has 2 aromatic heterocycles. The van der Waals surface area contributed by atoms with Gasteiger partial charge < -0.3 is 28.8 Å². The summed E-state index contributed by atoms with van der Waals surface area (Å²) in [6.45, 7) is 5.79. The first-order valence-electron chi connectivity index (χ1n) is 19.7. The number of carboxylic acids is 1. The lowest BCUT2D eigenvalue weighted by molar-refractivity contribution is -0.138. The number of benzene rings is 4. The van der Waals surface area contributed by atoms with Gasteiger partial charge in [0, 0.05) is 55.2 Å². The number of oxazole rings is 1. The number of methoxy groups -OCH3 is 2. The van der Waals surface area contributed by atoms with Gasteiger partial charge in [-0.1, -0.05) is 24.3 Å². The number of hydrogen-bond donors (Lipinski definition) is 2. The third kappa shape index (κ3) is 7.64. The van der Waals surface area contributed by atoms with Crippen LogP contribution in [-0.2, 0) is 22.6 Å². The smallest absolute Gasteiger partial charge is 0.303 e. The molecule has 13 heteroatoms. The number of likely N-dealkylation sites (tertiary alicyclic amines) is 1. The largest absolute Gasteiger partial charge is 0.496 e. The highest BCUT2D eigenvalue weighted by Gasteiger charge is 2.29. The van der Waals surface area contributed by atoms with Gasteiger partial charge in [0.2, 0.25) is 5.89 Å². The number of fused-ring (bicyclic) bond motifs is 2. The summed E-state index contributed by atoms with van der Waals surface area (Å²) < 4.78 is 25.5. The molecule has 2 fully saturated rings. The minimum Gasteiger partial charge on any atom is -0.496 e. The van der Waals surface area contributed by atoms with Crippen molar-refractivity contribution in [1.29, 1.82) is 5.26 Å². The summed E-state index contributed by atoms with van der Waals surface area (Å²) >= 11 is 0. The third-order valence-electron chi connectivity index (χ3n) is 11.8. The number of aliphatic hydroxyl groups is 1. The third-order valence-corrected chi connectivity index (χ3v) is 11.8. The van der Waals surface area contributed by atoms with Gasteiger partial charge in [0.05, 0.1) is 55.5 Å². The fourth-order valence-corrected chi connectivity index (χ4v) is 8.73. The number of hydrogen-bond acceptors (Lipinski definition) is 11. The van der Waals surface area contributed by atoms with Crippen molar-refractivity contribution in [1.82, 2.24) is 24.6 Å². The van der Waals surface area contributed by atoms with E-state index in [9.17, 15) is 20.3 Å². The lowest BCUT2D eigenvalue weighted by Crippen LogP contribution is -2.47. The molecule has 300 valence electrons. The number of aliphatic hydroxyl groups excluding tert-OH is 1. The number of piperidine rings is 1. The molecule has 2 atom stereocenters. The Bertz CT molecular complexity index is 2490. The molecule has 2 aliphatic heterocycles. The van der Waals surface area contributed by atoms with Crippen LogP contribution < -0.4 is 9.47 Å². The first kappa shape index (κ1) is 39.1. The molecule has 0 saturated carbocycles. The van der Waals surface area contributed by atoms with Crippen LogP contribution in [0.5, 0.6) is 11.5 Å². The maximum absolute atomic E-state index is 11.2. The van der Waals surface area contributed by atoms with Crippen LogP contribution in [0.2, 0.25) is 0 Å². The summed E-state index contributed by atoms with van der Waals surface area (Å²) in [6, 6.07) is 22.3. The van der Waals surface area contributed by atoms with Crippen LogP contribution in [0.3, 0.4) is 0 Å². The maximum Gasteiger partial charge on any atom is 0.303 e. The molecular weight excluding hydrogens is 737 g/mol. The van der Waals surface area contributed by atoms with E-state index in [1.165, 1.54) is 0 Å². The fraction of sp³-hybridized carbons (Fsp3) is 0.378. The monoisotopic (exact) mass is 784 g/mol. The van der Waals surface area contributed by atoms with E-state index in [-0.39, 0.29) is 18.4 Å². The number of ether oxygens (including phenoxy) is 3. The van der Waals surface area contributed by atoms with Gasteiger partial charge >= 0.3 is 5.97 Å². The number of aromatic nitrogens is 3. The molecule has 8 rings (SSSR count). The molecule has 6 aromatic rings. The Morgan fingerprint density at radius 2 is 1.74 bits per heavy atom. The second-order valence-electron chi connectivity index (χ2n) is 15.5. The zero-order valence-corrected chi connectivity index (χ0v) is 33.3. The molecule has 0 amide bonds. The Balaban J connectivity index is 1.08.